The third-order valence-corrected chi connectivity index (χ3v) is 10.2. The lowest BCUT2D eigenvalue weighted by atomic mass is 10.2. The molecule has 0 spiro atoms. The van der Waals surface area contributed by atoms with Crippen LogP contribution in [0.1, 0.15) is 26.8 Å². The minimum Gasteiger partial charge on any atom is -0.333 e. The number of sulfonamides is 1. The van der Waals surface area contributed by atoms with Gasteiger partial charge in [0.15, 0.2) is 5.78 Å². The second-order valence-corrected chi connectivity index (χ2v) is 12.5. The van der Waals surface area contributed by atoms with Crippen molar-refractivity contribution in [3.05, 3.63) is 44.9 Å². The summed E-state index contributed by atoms with van der Waals surface area (Å²) in [6, 6.07) is 6.86. The van der Waals surface area contributed by atoms with E-state index in [9.17, 15) is 18.0 Å². The largest absolute Gasteiger partial charge is 0.333 e. The summed E-state index contributed by atoms with van der Waals surface area (Å²) in [5, 5.41) is 5.24. The van der Waals surface area contributed by atoms with E-state index in [2.05, 4.69) is 10.3 Å². The Kier molecular flexibility index (Phi) is 5.81. The Balaban J connectivity index is 1.30. The van der Waals surface area contributed by atoms with Crippen LogP contribution >= 0.6 is 34.3 Å². The smallest absolute Gasteiger partial charge is 0.253 e. The molecule has 1 N–H and O–H groups in total. The fraction of sp³-hybridized carbons (Fsp3) is 0.350. The summed E-state index contributed by atoms with van der Waals surface area (Å²) in [7, 11) is -3.78. The number of hydrogen-bond donors (Lipinski definition) is 1. The maximum atomic E-state index is 13.1. The van der Waals surface area contributed by atoms with Gasteiger partial charge in [-0.25, -0.2) is 13.4 Å². The first-order valence-electron chi connectivity index (χ1n) is 10.0. The predicted molar refractivity (Wildman–Crippen MR) is 124 cm³/mol. The molecule has 1 saturated heterocycles. The van der Waals surface area contributed by atoms with Crippen LogP contribution in [0.4, 0.5) is 0 Å². The number of benzene rings is 1. The van der Waals surface area contributed by atoms with E-state index in [0.717, 1.165) is 26.3 Å². The van der Waals surface area contributed by atoms with Gasteiger partial charge in [0.05, 0.1) is 13.1 Å². The molecule has 5 rings (SSSR count). The van der Waals surface area contributed by atoms with Gasteiger partial charge in [-0.3, -0.25) is 9.59 Å². The summed E-state index contributed by atoms with van der Waals surface area (Å²) in [6.45, 7) is 1.76. The number of thiophene rings is 1. The van der Waals surface area contributed by atoms with Crippen molar-refractivity contribution < 1.29 is 18.0 Å². The molecule has 0 bridgehead atoms. The Labute approximate surface area is 197 Å². The zero-order valence-electron chi connectivity index (χ0n) is 16.8. The van der Waals surface area contributed by atoms with Crippen molar-refractivity contribution in [2.75, 3.05) is 26.2 Å². The van der Waals surface area contributed by atoms with Crippen molar-refractivity contribution >= 4 is 66.1 Å². The van der Waals surface area contributed by atoms with Gasteiger partial charge < -0.3 is 10.2 Å². The molecule has 0 atom stereocenters. The van der Waals surface area contributed by atoms with Crippen LogP contribution in [0.15, 0.2) is 28.5 Å². The molecular weight excluding hydrogens is 492 g/mol. The lowest BCUT2D eigenvalue weighted by Gasteiger charge is -2.32. The number of carbonyl (C=O) groups is 2. The quantitative estimate of drug-likeness (QED) is 0.579. The summed E-state index contributed by atoms with van der Waals surface area (Å²) in [6.07, 6.45) is 0.412. The van der Waals surface area contributed by atoms with Crippen molar-refractivity contribution in [3.8, 4) is 0 Å². The van der Waals surface area contributed by atoms with Crippen LogP contribution in [0, 0.1) is 0 Å². The number of aromatic nitrogens is 1. The summed E-state index contributed by atoms with van der Waals surface area (Å²) in [5.74, 6) is -0.266. The monoisotopic (exact) mass is 510 g/mol. The normalized spacial score (nSPS) is 18.2. The number of nitrogens with zero attached hydrogens (tertiary/aromatic N) is 3. The predicted octanol–water partition coefficient (Wildman–Crippen LogP) is 2.72. The Hall–Kier alpha value is -1.89. The number of piperazine rings is 1. The van der Waals surface area contributed by atoms with Crippen molar-refractivity contribution in [2.24, 2.45) is 0 Å². The zero-order chi connectivity index (χ0) is 22.5. The highest BCUT2D eigenvalue weighted by Gasteiger charge is 2.34. The molecule has 0 radical (unpaired) electrons. The number of rotatable bonds is 4. The lowest BCUT2D eigenvalue weighted by molar-refractivity contribution is -0.134. The molecule has 8 nitrogen and oxygen atoms in total. The maximum Gasteiger partial charge on any atom is 0.253 e. The molecule has 4 heterocycles. The van der Waals surface area contributed by atoms with Crippen LogP contribution in [0.2, 0.25) is 5.02 Å². The third kappa shape index (κ3) is 4.09. The lowest BCUT2D eigenvalue weighted by Crippen LogP contribution is -2.51. The number of carbonyl (C=O) groups excluding carboxylic acids is 2. The topological polar surface area (TPSA) is 99.7 Å². The minimum atomic E-state index is -3.78. The first-order chi connectivity index (χ1) is 15.3. The molecule has 2 aromatic heterocycles. The molecule has 32 heavy (non-hydrogen) atoms. The second-order valence-electron chi connectivity index (χ2n) is 7.63. The molecule has 1 aromatic carbocycles. The van der Waals surface area contributed by atoms with Crippen LogP contribution in [-0.2, 0) is 27.9 Å². The summed E-state index contributed by atoms with van der Waals surface area (Å²) in [4.78, 5) is 31.9. The molecule has 1 fully saturated rings. The van der Waals surface area contributed by atoms with E-state index in [1.165, 1.54) is 15.6 Å². The van der Waals surface area contributed by atoms with Crippen LogP contribution in [0.25, 0.3) is 10.1 Å². The highest BCUT2D eigenvalue weighted by molar-refractivity contribution is 7.91. The van der Waals surface area contributed by atoms with E-state index < -0.39 is 10.0 Å². The van der Waals surface area contributed by atoms with Crippen LogP contribution in [-0.4, -0.2) is 60.5 Å². The highest BCUT2D eigenvalue weighted by atomic mass is 35.5. The van der Waals surface area contributed by atoms with Crippen molar-refractivity contribution in [2.45, 2.75) is 23.7 Å². The molecule has 2 aliphatic heterocycles. The average molecular weight is 511 g/mol. The highest BCUT2D eigenvalue weighted by Crippen LogP contribution is 2.33. The fourth-order valence-corrected chi connectivity index (χ4v) is 8.07. The number of amides is 1. The van der Waals surface area contributed by atoms with E-state index in [1.807, 2.05) is 0 Å². The van der Waals surface area contributed by atoms with Crippen molar-refractivity contribution in [1.82, 2.24) is 19.5 Å². The van der Waals surface area contributed by atoms with E-state index in [0.29, 0.717) is 35.2 Å². The molecule has 12 heteroatoms. The van der Waals surface area contributed by atoms with Gasteiger partial charge in [0.25, 0.3) is 10.0 Å². The zero-order valence-corrected chi connectivity index (χ0v) is 20.0. The average Bonchev–Trinajstić information content (AvgIpc) is 3.32. The first kappa shape index (κ1) is 21.9. The van der Waals surface area contributed by atoms with E-state index in [1.54, 1.807) is 29.2 Å². The van der Waals surface area contributed by atoms with Gasteiger partial charge >= 0.3 is 0 Å². The first-order valence-corrected chi connectivity index (χ1v) is 13.5. The third-order valence-electron chi connectivity index (χ3n) is 5.48. The van der Waals surface area contributed by atoms with Gasteiger partial charge in [0.1, 0.15) is 14.9 Å². The number of thiazole rings is 1. The number of hydrogen-bond acceptors (Lipinski definition) is 8. The van der Waals surface area contributed by atoms with Crippen molar-refractivity contribution in [3.63, 3.8) is 0 Å². The van der Waals surface area contributed by atoms with Gasteiger partial charge in [0, 0.05) is 47.2 Å². The standard InChI is InChI=1S/C20H19ClN4O4S3/c21-13-2-1-12-7-19(31-15(12)8-13)32(28,29)25-6-5-24(18(27)11-25)10-17-23-20-14(26)3-4-22-9-16(20)30-17/h1-2,7-8,22H,3-6,9-11H2. The van der Waals surface area contributed by atoms with Crippen LogP contribution in [0.5, 0.6) is 0 Å². The van der Waals surface area contributed by atoms with Crippen molar-refractivity contribution in [1.29, 1.82) is 0 Å². The van der Waals surface area contributed by atoms with E-state index in [4.69, 9.17) is 11.6 Å². The van der Waals surface area contributed by atoms with E-state index >= 15 is 0 Å². The van der Waals surface area contributed by atoms with Gasteiger partial charge in [-0.15, -0.1) is 22.7 Å². The summed E-state index contributed by atoms with van der Waals surface area (Å²) >= 11 is 8.59. The van der Waals surface area contributed by atoms with Gasteiger partial charge in [-0.1, -0.05) is 17.7 Å². The van der Waals surface area contributed by atoms with Gasteiger partial charge in [0.2, 0.25) is 5.91 Å². The SMILES string of the molecule is O=C1CCNCc2sc(CN3CCN(S(=O)(=O)c4cc5ccc(Cl)cc5s4)CC3=O)nc21. The molecule has 2 aliphatic rings. The van der Waals surface area contributed by atoms with Crippen LogP contribution in [0.3, 0.4) is 0 Å². The molecule has 0 saturated carbocycles. The van der Waals surface area contributed by atoms with Gasteiger partial charge in [-0.2, -0.15) is 4.31 Å². The molecule has 0 unspecified atom stereocenters. The van der Waals surface area contributed by atoms with Crippen LogP contribution < -0.4 is 5.32 Å². The van der Waals surface area contributed by atoms with Gasteiger partial charge in [-0.05, 0) is 23.6 Å². The fourth-order valence-electron chi connectivity index (χ4n) is 3.79. The molecule has 168 valence electrons. The Morgan fingerprint density at radius 3 is 2.81 bits per heavy atom. The number of nitrogens with one attached hydrogen (secondary N) is 1. The maximum absolute atomic E-state index is 13.1. The number of halogens is 1. The second kappa shape index (κ2) is 8.47. The number of fused-ring (bicyclic) bond motifs is 2. The van der Waals surface area contributed by atoms with E-state index in [-0.39, 0.29) is 42.1 Å². The number of ketones is 1. The molecule has 0 aliphatic carbocycles. The summed E-state index contributed by atoms with van der Waals surface area (Å²) < 4.78 is 28.5. The Morgan fingerprint density at radius 1 is 1.16 bits per heavy atom. The minimum absolute atomic E-state index is 0.0133. The Bertz CT molecular complexity index is 1330. The Morgan fingerprint density at radius 2 is 2.00 bits per heavy atom. The number of Topliss-reactive ketones (excluding diaryl/α,β-unsaturated/α-hetero) is 1. The molecular formula is C20H19ClN4O4S3. The molecule has 3 aromatic rings. The molecule has 1 amide bonds. The summed E-state index contributed by atoms with van der Waals surface area (Å²) in [5.41, 5.74) is 0.494.